The van der Waals surface area contributed by atoms with Crippen molar-refractivity contribution in [3.8, 4) is 0 Å². The number of fused-ring (bicyclic) bond motifs is 1. The zero-order chi connectivity index (χ0) is 21.8. The summed E-state index contributed by atoms with van der Waals surface area (Å²) >= 11 is 0. The molecule has 0 radical (unpaired) electrons. The average molecular weight is 427 g/mol. The second-order valence-electron chi connectivity index (χ2n) is 8.28. The van der Waals surface area contributed by atoms with Crippen LogP contribution in [0.25, 0.3) is 11.0 Å². The molecular formula is C25H26N6O. The molecule has 1 fully saturated rings. The standard InChI is InChI=1S/C25H26N6O/c32-25(26-17-23-27-20-8-4-5-9-21(20)28-23)22-10-11-24(30-29-22)31-14-12-19(13-15-31)16-18-6-2-1-3-7-18/h1-11,19H,12-17H2,(H,26,32)(H,27,28). The number of para-hydroxylation sites is 2. The van der Waals surface area contributed by atoms with Crippen molar-refractivity contribution in [3.05, 3.63) is 83.8 Å². The Morgan fingerprint density at radius 3 is 2.50 bits per heavy atom. The Hall–Kier alpha value is -3.74. The van der Waals surface area contributed by atoms with E-state index in [1.54, 1.807) is 6.07 Å². The summed E-state index contributed by atoms with van der Waals surface area (Å²) in [6, 6.07) is 22.1. The van der Waals surface area contributed by atoms with E-state index < -0.39 is 0 Å². The summed E-state index contributed by atoms with van der Waals surface area (Å²) in [6.45, 7) is 2.24. The zero-order valence-corrected chi connectivity index (χ0v) is 17.9. The molecule has 1 aliphatic rings. The van der Waals surface area contributed by atoms with Crippen LogP contribution in [0, 0.1) is 5.92 Å². The summed E-state index contributed by atoms with van der Waals surface area (Å²) in [5.41, 5.74) is 3.55. The molecule has 3 heterocycles. The maximum absolute atomic E-state index is 12.5. The number of rotatable bonds is 6. The summed E-state index contributed by atoms with van der Waals surface area (Å²) < 4.78 is 0. The monoisotopic (exact) mass is 426 g/mol. The molecule has 0 atom stereocenters. The van der Waals surface area contributed by atoms with Gasteiger partial charge in [-0.05, 0) is 55.0 Å². The quantitative estimate of drug-likeness (QED) is 0.490. The Labute approximate surface area is 186 Å². The van der Waals surface area contributed by atoms with Gasteiger partial charge in [0.15, 0.2) is 11.5 Å². The molecule has 0 spiro atoms. The van der Waals surface area contributed by atoms with E-state index in [1.165, 1.54) is 5.56 Å². The second-order valence-corrected chi connectivity index (χ2v) is 8.28. The fourth-order valence-corrected chi connectivity index (χ4v) is 4.27. The first-order chi connectivity index (χ1) is 15.7. The first-order valence-corrected chi connectivity index (χ1v) is 11.1. The number of benzene rings is 2. The van der Waals surface area contributed by atoms with Crippen LogP contribution in [0.3, 0.4) is 0 Å². The van der Waals surface area contributed by atoms with Crippen LogP contribution in [0.1, 0.15) is 34.7 Å². The Morgan fingerprint density at radius 1 is 0.969 bits per heavy atom. The van der Waals surface area contributed by atoms with Crippen molar-refractivity contribution in [2.75, 3.05) is 18.0 Å². The molecule has 0 aliphatic carbocycles. The molecule has 162 valence electrons. The van der Waals surface area contributed by atoms with E-state index in [0.717, 1.165) is 49.2 Å². The van der Waals surface area contributed by atoms with E-state index in [-0.39, 0.29) is 5.91 Å². The minimum absolute atomic E-state index is 0.258. The zero-order valence-electron chi connectivity index (χ0n) is 17.9. The van der Waals surface area contributed by atoms with Crippen LogP contribution in [-0.2, 0) is 13.0 Å². The Kier molecular flexibility index (Phi) is 5.79. The predicted molar refractivity (Wildman–Crippen MR) is 124 cm³/mol. The third kappa shape index (κ3) is 4.61. The number of piperidine rings is 1. The fraction of sp³-hybridized carbons (Fsp3) is 0.280. The third-order valence-corrected chi connectivity index (χ3v) is 6.04. The maximum atomic E-state index is 12.5. The highest BCUT2D eigenvalue weighted by molar-refractivity contribution is 5.92. The molecule has 32 heavy (non-hydrogen) atoms. The van der Waals surface area contributed by atoms with Crippen molar-refractivity contribution in [1.82, 2.24) is 25.5 Å². The van der Waals surface area contributed by atoms with Gasteiger partial charge in [0, 0.05) is 13.1 Å². The van der Waals surface area contributed by atoms with Gasteiger partial charge in [-0.3, -0.25) is 4.79 Å². The van der Waals surface area contributed by atoms with E-state index in [2.05, 4.69) is 60.7 Å². The number of nitrogens with zero attached hydrogens (tertiary/aromatic N) is 4. The highest BCUT2D eigenvalue weighted by Gasteiger charge is 2.21. The van der Waals surface area contributed by atoms with Crippen LogP contribution < -0.4 is 10.2 Å². The molecule has 1 aliphatic heterocycles. The van der Waals surface area contributed by atoms with E-state index in [4.69, 9.17) is 0 Å². The Morgan fingerprint density at radius 2 is 1.75 bits per heavy atom. The molecule has 0 saturated carbocycles. The van der Waals surface area contributed by atoms with Crippen molar-refractivity contribution in [2.24, 2.45) is 5.92 Å². The topological polar surface area (TPSA) is 86.8 Å². The molecule has 1 amide bonds. The van der Waals surface area contributed by atoms with Gasteiger partial charge in [-0.25, -0.2) is 4.98 Å². The van der Waals surface area contributed by atoms with Gasteiger partial charge >= 0.3 is 0 Å². The van der Waals surface area contributed by atoms with E-state index in [9.17, 15) is 4.79 Å². The lowest BCUT2D eigenvalue weighted by Gasteiger charge is -2.32. The smallest absolute Gasteiger partial charge is 0.272 e. The third-order valence-electron chi connectivity index (χ3n) is 6.04. The number of anilines is 1. The molecular weight excluding hydrogens is 400 g/mol. The number of amides is 1. The van der Waals surface area contributed by atoms with Crippen LogP contribution >= 0.6 is 0 Å². The number of hydrogen-bond acceptors (Lipinski definition) is 5. The molecule has 0 bridgehead atoms. The molecule has 2 N–H and O–H groups in total. The van der Waals surface area contributed by atoms with Gasteiger partial charge in [-0.15, -0.1) is 10.2 Å². The maximum Gasteiger partial charge on any atom is 0.272 e. The van der Waals surface area contributed by atoms with Crippen molar-refractivity contribution < 1.29 is 4.79 Å². The number of carbonyl (C=O) groups excluding carboxylic acids is 1. The van der Waals surface area contributed by atoms with E-state index in [1.807, 2.05) is 30.3 Å². The molecule has 7 nitrogen and oxygen atoms in total. The largest absolute Gasteiger partial charge is 0.355 e. The number of hydrogen-bond donors (Lipinski definition) is 2. The van der Waals surface area contributed by atoms with Gasteiger partial charge in [0.05, 0.1) is 17.6 Å². The van der Waals surface area contributed by atoms with Crippen LogP contribution in [0.2, 0.25) is 0 Å². The molecule has 1 saturated heterocycles. The first kappa shape index (κ1) is 20.2. The minimum Gasteiger partial charge on any atom is -0.355 e. The Balaban J connectivity index is 1.13. The van der Waals surface area contributed by atoms with Crippen molar-refractivity contribution in [2.45, 2.75) is 25.8 Å². The Bertz CT molecular complexity index is 1150. The predicted octanol–water partition coefficient (Wildman–Crippen LogP) is 3.74. The lowest BCUT2D eigenvalue weighted by Crippen LogP contribution is -2.35. The lowest BCUT2D eigenvalue weighted by molar-refractivity contribution is 0.0944. The van der Waals surface area contributed by atoms with E-state index in [0.29, 0.717) is 24.0 Å². The summed E-state index contributed by atoms with van der Waals surface area (Å²) in [4.78, 5) is 22.4. The molecule has 4 aromatic rings. The summed E-state index contributed by atoms with van der Waals surface area (Å²) in [5.74, 6) is 1.98. The minimum atomic E-state index is -0.258. The van der Waals surface area contributed by atoms with Gasteiger partial charge < -0.3 is 15.2 Å². The molecule has 7 heteroatoms. The highest BCUT2D eigenvalue weighted by atomic mass is 16.1. The fourth-order valence-electron chi connectivity index (χ4n) is 4.27. The van der Waals surface area contributed by atoms with Crippen molar-refractivity contribution in [1.29, 1.82) is 0 Å². The first-order valence-electron chi connectivity index (χ1n) is 11.1. The number of aromatic nitrogens is 4. The SMILES string of the molecule is O=C(NCc1nc2ccccc2[nH]1)c1ccc(N2CCC(Cc3ccccc3)CC2)nn1. The molecule has 0 unspecified atom stereocenters. The van der Waals surface area contributed by atoms with Crippen LogP contribution in [-0.4, -0.2) is 39.2 Å². The lowest BCUT2D eigenvalue weighted by atomic mass is 9.90. The number of H-pyrrole nitrogens is 1. The molecule has 2 aromatic heterocycles. The summed E-state index contributed by atoms with van der Waals surface area (Å²) in [6.07, 6.45) is 3.40. The number of carbonyl (C=O) groups is 1. The van der Waals surface area contributed by atoms with Gasteiger partial charge in [0.2, 0.25) is 0 Å². The normalized spacial score (nSPS) is 14.6. The van der Waals surface area contributed by atoms with Crippen LogP contribution in [0.4, 0.5) is 5.82 Å². The average Bonchev–Trinajstić information content (AvgIpc) is 3.27. The van der Waals surface area contributed by atoms with Crippen LogP contribution in [0.5, 0.6) is 0 Å². The summed E-state index contributed by atoms with van der Waals surface area (Å²) in [7, 11) is 0. The molecule has 2 aromatic carbocycles. The van der Waals surface area contributed by atoms with Crippen molar-refractivity contribution in [3.63, 3.8) is 0 Å². The van der Waals surface area contributed by atoms with Gasteiger partial charge in [0.25, 0.3) is 5.91 Å². The number of nitrogens with one attached hydrogen (secondary N) is 2. The highest BCUT2D eigenvalue weighted by Crippen LogP contribution is 2.24. The van der Waals surface area contributed by atoms with Crippen molar-refractivity contribution >= 4 is 22.8 Å². The second kappa shape index (κ2) is 9.18. The van der Waals surface area contributed by atoms with Gasteiger partial charge in [0.1, 0.15) is 5.82 Å². The molecule has 5 rings (SSSR count). The van der Waals surface area contributed by atoms with Gasteiger partial charge in [-0.1, -0.05) is 42.5 Å². The summed E-state index contributed by atoms with van der Waals surface area (Å²) in [5, 5.41) is 11.3. The number of aromatic amines is 1. The van der Waals surface area contributed by atoms with Gasteiger partial charge in [-0.2, -0.15) is 0 Å². The number of imidazole rings is 1. The van der Waals surface area contributed by atoms with E-state index >= 15 is 0 Å². The van der Waals surface area contributed by atoms with Crippen LogP contribution in [0.15, 0.2) is 66.7 Å².